The van der Waals surface area contributed by atoms with Crippen LogP contribution in [-0.2, 0) is 4.79 Å². The van der Waals surface area contributed by atoms with E-state index in [1.54, 1.807) is 30.3 Å². The number of amides is 3. The molecular weight excluding hydrogens is 404 g/mol. The van der Waals surface area contributed by atoms with Gasteiger partial charge in [-0.3, -0.25) is 14.4 Å². The van der Waals surface area contributed by atoms with Gasteiger partial charge in [0.2, 0.25) is 5.91 Å². The van der Waals surface area contributed by atoms with Crippen LogP contribution >= 0.6 is 0 Å². The van der Waals surface area contributed by atoms with E-state index in [-0.39, 0.29) is 24.3 Å². The second-order valence-electron chi connectivity index (χ2n) is 8.42. The quantitative estimate of drug-likeness (QED) is 0.728. The van der Waals surface area contributed by atoms with Gasteiger partial charge in [-0.1, -0.05) is 12.1 Å². The monoisotopic (exact) mass is 434 g/mol. The molecule has 3 amide bonds. The maximum Gasteiger partial charge on any atom is 0.253 e. The van der Waals surface area contributed by atoms with Crippen molar-refractivity contribution in [2.75, 3.05) is 43.4 Å². The fraction of sp³-hybridized carbons (Fsp3) is 0.400. The van der Waals surface area contributed by atoms with Gasteiger partial charge < -0.3 is 20.4 Å². The lowest BCUT2D eigenvalue weighted by Gasteiger charge is -2.26. The van der Waals surface area contributed by atoms with Crippen LogP contribution in [0.3, 0.4) is 0 Å². The van der Waals surface area contributed by atoms with E-state index in [0.29, 0.717) is 16.8 Å². The van der Waals surface area contributed by atoms with Crippen molar-refractivity contribution in [3.05, 3.63) is 59.7 Å². The number of nitrogens with one attached hydrogen (secondary N) is 2. The van der Waals surface area contributed by atoms with Gasteiger partial charge in [0, 0.05) is 48.7 Å². The van der Waals surface area contributed by atoms with E-state index >= 15 is 0 Å². The third-order valence-electron chi connectivity index (χ3n) is 5.99. The minimum atomic E-state index is -0.219. The smallest absolute Gasteiger partial charge is 0.253 e. The molecule has 0 bridgehead atoms. The van der Waals surface area contributed by atoms with Gasteiger partial charge in [-0.2, -0.15) is 0 Å². The molecule has 2 fully saturated rings. The summed E-state index contributed by atoms with van der Waals surface area (Å²) in [6.45, 7) is 3.25. The van der Waals surface area contributed by atoms with Crippen molar-refractivity contribution in [1.29, 1.82) is 0 Å². The van der Waals surface area contributed by atoms with Gasteiger partial charge >= 0.3 is 0 Å². The molecule has 0 aromatic heterocycles. The SMILES string of the molecule is O=C(CNc1cccc(C(=O)N2CCCCC2)c1)Nc1cccc(C(=O)N2CCCC2)c1. The number of hydrogen-bond donors (Lipinski definition) is 2. The van der Waals surface area contributed by atoms with E-state index in [1.807, 2.05) is 28.0 Å². The third kappa shape index (κ3) is 5.46. The Hall–Kier alpha value is -3.35. The minimum absolute atomic E-state index is 0.00640. The molecule has 2 saturated heterocycles. The Morgan fingerprint density at radius 1 is 0.688 bits per heavy atom. The van der Waals surface area contributed by atoms with Crippen LogP contribution in [0, 0.1) is 0 Å². The largest absolute Gasteiger partial charge is 0.376 e. The summed E-state index contributed by atoms with van der Waals surface area (Å²) in [4.78, 5) is 41.5. The van der Waals surface area contributed by atoms with E-state index in [9.17, 15) is 14.4 Å². The normalized spacial score (nSPS) is 16.0. The van der Waals surface area contributed by atoms with Gasteiger partial charge in [0.15, 0.2) is 0 Å². The van der Waals surface area contributed by atoms with Crippen LogP contribution in [-0.4, -0.2) is 60.2 Å². The van der Waals surface area contributed by atoms with Gasteiger partial charge in [-0.15, -0.1) is 0 Å². The molecule has 0 saturated carbocycles. The zero-order chi connectivity index (χ0) is 22.3. The first-order valence-corrected chi connectivity index (χ1v) is 11.4. The number of hydrogen-bond acceptors (Lipinski definition) is 4. The molecule has 32 heavy (non-hydrogen) atoms. The molecule has 2 heterocycles. The Morgan fingerprint density at radius 3 is 1.78 bits per heavy atom. The molecule has 0 aliphatic carbocycles. The summed E-state index contributed by atoms with van der Waals surface area (Å²) in [5.41, 5.74) is 2.53. The number of carbonyl (C=O) groups is 3. The van der Waals surface area contributed by atoms with E-state index in [4.69, 9.17) is 0 Å². The zero-order valence-corrected chi connectivity index (χ0v) is 18.3. The molecule has 0 spiro atoms. The van der Waals surface area contributed by atoms with Crippen LogP contribution in [0.2, 0.25) is 0 Å². The lowest BCUT2D eigenvalue weighted by Crippen LogP contribution is -2.35. The Kier molecular flexibility index (Phi) is 7.04. The van der Waals surface area contributed by atoms with Gasteiger partial charge in [0.05, 0.1) is 6.54 Å². The van der Waals surface area contributed by atoms with Crippen molar-refractivity contribution in [3.8, 4) is 0 Å². The summed E-state index contributed by atoms with van der Waals surface area (Å²) in [5.74, 6) is -0.173. The van der Waals surface area contributed by atoms with Gasteiger partial charge in [0.25, 0.3) is 11.8 Å². The predicted molar refractivity (Wildman–Crippen MR) is 125 cm³/mol. The first-order chi connectivity index (χ1) is 15.6. The average Bonchev–Trinajstić information content (AvgIpc) is 3.38. The summed E-state index contributed by atoms with van der Waals surface area (Å²) in [6.07, 6.45) is 5.36. The molecule has 2 aromatic rings. The molecule has 2 aromatic carbocycles. The molecule has 0 radical (unpaired) electrons. The number of rotatable bonds is 6. The summed E-state index contributed by atoms with van der Waals surface area (Å²) >= 11 is 0. The topological polar surface area (TPSA) is 81.8 Å². The van der Waals surface area contributed by atoms with Crippen molar-refractivity contribution in [2.24, 2.45) is 0 Å². The van der Waals surface area contributed by atoms with Crippen LogP contribution in [0.25, 0.3) is 0 Å². The number of likely N-dealkylation sites (tertiary alicyclic amines) is 2. The number of anilines is 2. The van der Waals surface area contributed by atoms with Crippen molar-refractivity contribution in [3.63, 3.8) is 0 Å². The van der Waals surface area contributed by atoms with Crippen LogP contribution in [0.5, 0.6) is 0 Å². The number of benzene rings is 2. The molecule has 0 unspecified atom stereocenters. The van der Waals surface area contributed by atoms with Crippen LogP contribution in [0.1, 0.15) is 52.8 Å². The predicted octanol–water partition coefficient (Wildman–Crippen LogP) is 3.60. The Morgan fingerprint density at radius 2 is 1.19 bits per heavy atom. The highest BCUT2D eigenvalue weighted by atomic mass is 16.2. The first-order valence-electron chi connectivity index (χ1n) is 11.4. The molecule has 168 valence electrons. The summed E-state index contributed by atoms with van der Waals surface area (Å²) in [6, 6.07) is 14.3. The Balaban J connectivity index is 1.32. The second-order valence-corrected chi connectivity index (χ2v) is 8.42. The third-order valence-corrected chi connectivity index (χ3v) is 5.99. The molecule has 0 atom stereocenters. The van der Waals surface area contributed by atoms with E-state index < -0.39 is 0 Å². The fourth-order valence-electron chi connectivity index (χ4n) is 4.26. The first kappa shape index (κ1) is 21.9. The van der Waals surface area contributed by atoms with Crippen LogP contribution in [0.15, 0.2) is 48.5 Å². The number of nitrogens with zero attached hydrogens (tertiary/aromatic N) is 2. The molecule has 4 rings (SSSR count). The second kappa shape index (κ2) is 10.3. The van der Waals surface area contributed by atoms with E-state index in [1.165, 1.54) is 6.42 Å². The lowest BCUT2D eigenvalue weighted by atomic mass is 10.1. The van der Waals surface area contributed by atoms with Crippen molar-refractivity contribution in [1.82, 2.24) is 9.80 Å². The van der Waals surface area contributed by atoms with Gasteiger partial charge in [0.1, 0.15) is 0 Å². The highest BCUT2D eigenvalue weighted by Crippen LogP contribution is 2.18. The van der Waals surface area contributed by atoms with Gasteiger partial charge in [-0.25, -0.2) is 0 Å². The van der Waals surface area contributed by atoms with Crippen LogP contribution in [0.4, 0.5) is 11.4 Å². The van der Waals surface area contributed by atoms with E-state index in [0.717, 1.165) is 57.5 Å². The van der Waals surface area contributed by atoms with Gasteiger partial charge in [-0.05, 0) is 68.5 Å². The molecule has 2 aliphatic heterocycles. The van der Waals surface area contributed by atoms with Crippen molar-refractivity contribution in [2.45, 2.75) is 32.1 Å². The lowest BCUT2D eigenvalue weighted by molar-refractivity contribution is -0.114. The number of carbonyl (C=O) groups excluding carboxylic acids is 3. The maximum absolute atomic E-state index is 12.7. The Labute approximate surface area is 188 Å². The molecule has 7 nitrogen and oxygen atoms in total. The van der Waals surface area contributed by atoms with Crippen molar-refractivity contribution >= 4 is 29.1 Å². The highest BCUT2D eigenvalue weighted by Gasteiger charge is 2.20. The summed E-state index contributed by atoms with van der Waals surface area (Å²) in [5, 5.41) is 5.93. The highest BCUT2D eigenvalue weighted by molar-refractivity contribution is 5.98. The molecule has 2 aliphatic rings. The van der Waals surface area contributed by atoms with Crippen molar-refractivity contribution < 1.29 is 14.4 Å². The average molecular weight is 435 g/mol. The summed E-state index contributed by atoms with van der Waals surface area (Å²) < 4.78 is 0. The Bertz CT molecular complexity index is 979. The molecular formula is C25H30N4O3. The maximum atomic E-state index is 12.7. The molecule has 7 heteroatoms. The minimum Gasteiger partial charge on any atom is -0.376 e. The fourth-order valence-corrected chi connectivity index (χ4v) is 4.26. The summed E-state index contributed by atoms with van der Waals surface area (Å²) in [7, 11) is 0. The van der Waals surface area contributed by atoms with E-state index in [2.05, 4.69) is 10.6 Å². The number of piperidine rings is 1. The zero-order valence-electron chi connectivity index (χ0n) is 18.3. The molecule has 2 N–H and O–H groups in total. The van der Waals surface area contributed by atoms with Crippen LogP contribution < -0.4 is 10.6 Å². The standard InChI is InChI=1S/C25H30N4O3/c30-23(27-22-11-7-9-20(17-22)25(32)29-14-4-5-15-29)18-26-21-10-6-8-19(16-21)24(31)28-12-2-1-3-13-28/h6-11,16-17,26H,1-5,12-15,18H2,(H,27,30).